The van der Waals surface area contributed by atoms with Crippen LogP contribution < -0.4 is 0 Å². The SMILES string of the molecule is CC(C)c1cccc(C(C)C)c1O.O=C(O)CCCC(=O)O. The first-order valence-corrected chi connectivity index (χ1v) is 7.42. The van der Waals surface area contributed by atoms with E-state index < -0.39 is 11.9 Å². The second kappa shape index (κ2) is 9.82. The van der Waals surface area contributed by atoms with Crippen molar-refractivity contribution in [3.63, 3.8) is 0 Å². The lowest BCUT2D eigenvalue weighted by atomic mass is 9.94. The average molecular weight is 310 g/mol. The number of para-hydroxylation sites is 1. The molecule has 1 aromatic carbocycles. The number of rotatable bonds is 6. The summed E-state index contributed by atoms with van der Waals surface area (Å²) in [5.41, 5.74) is 2.09. The smallest absolute Gasteiger partial charge is 0.303 e. The number of aromatic hydroxyl groups is 1. The number of carboxylic acids is 2. The largest absolute Gasteiger partial charge is 0.507 e. The minimum atomic E-state index is -0.948. The average Bonchev–Trinajstić information content (AvgIpc) is 2.38. The van der Waals surface area contributed by atoms with E-state index in [1.54, 1.807) is 0 Å². The molecule has 0 amide bonds. The zero-order valence-corrected chi connectivity index (χ0v) is 13.7. The fourth-order valence-corrected chi connectivity index (χ4v) is 1.90. The Bertz CT molecular complexity index is 452. The first kappa shape index (κ1) is 20.0. The van der Waals surface area contributed by atoms with Crippen molar-refractivity contribution in [3.05, 3.63) is 29.3 Å². The van der Waals surface area contributed by atoms with Gasteiger partial charge in [0.2, 0.25) is 0 Å². The molecule has 0 radical (unpaired) electrons. The van der Waals surface area contributed by atoms with E-state index in [0.717, 1.165) is 11.1 Å². The Morgan fingerprint density at radius 2 is 1.27 bits per heavy atom. The minimum absolute atomic E-state index is 0.0632. The zero-order chi connectivity index (χ0) is 17.3. The fraction of sp³-hybridized carbons (Fsp3) is 0.529. The van der Waals surface area contributed by atoms with Crippen LogP contribution in [0, 0.1) is 0 Å². The maximum atomic E-state index is 9.93. The van der Waals surface area contributed by atoms with Gasteiger partial charge in [-0.05, 0) is 29.4 Å². The molecular weight excluding hydrogens is 284 g/mol. The predicted octanol–water partition coefficient (Wildman–Crippen LogP) is 3.96. The molecule has 0 aromatic heterocycles. The van der Waals surface area contributed by atoms with Gasteiger partial charge in [-0.3, -0.25) is 9.59 Å². The number of hydrogen-bond donors (Lipinski definition) is 3. The van der Waals surface area contributed by atoms with Crippen LogP contribution in [0.15, 0.2) is 18.2 Å². The molecule has 1 aromatic rings. The highest BCUT2D eigenvalue weighted by Crippen LogP contribution is 2.32. The third-order valence-electron chi connectivity index (χ3n) is 3.12. The van der Waals surface area contributed by atoms with Crippen LogP contribution >= 0.6 is 0 Å². The van der Waals surface area contributed by atoms with Crippen LogP contribution in [0.5, 0.6) is 5.75 Å². The van der Waals surface area contributed by atoms with E-state index in [1.165, 1.54) is 0 Å². The van der Waals surface area contributed by atoms with Crippen LogP contribution in [-0.2, 0) is 9.59 Å². The molecule has 0 atom stereocenters. The van der Waals surface area contributed by atoms with Crippen molar-refractivity contribution in [2.24, 2.45) is 0 Å². The van der Waals surface area contributed by atoms with Gasteiger partial charge in [0, 0.05) is 12.8 Å². The number of hydrogen-bond acceptors (Lipinski definition) is 3. The quantitative estimate of drug-likeness (QED) is 0.739. The molecule has 0 heterocycles. The Labute approximate surface area is 131 Å². The van der Waals surface area contributed by atoms with Crippen LogP contribution in [0.3, 0.4) is 0 Å². The summed E-state index contributed by atoms with van der Waals surface area (Å²) in [6.07, 6.45) is 0.0866. The number of aliphatic carboxylic acids is 2. The van der Waals surface area contributed by atoms with E-state index in [9.17, 15) is 14.7 Å². The van der Waals surface area contributed by atoms with Crippen LogP contribution in [0.4, 0.5) is 0 Å². The molecule has 0 aliphatic rings. The van der Waals surface area contributed by atoms with Crippen LogP contribution in [-0.4, -0.2) is 27.3 Å². The molecule has 124 valence electrons. The predicted molar refractivity (Wildman–Crippen MR) is 85.4 cm³/mol. The summed E-state index contributed by atoms with van der Waals surface area (Å²) >= 11 is 0. The van der Waals surface area contributed by atoms with Crippen molar-refractivity contribution in [1.82, 2.24) is 0 Å². The Morgan fingerprint density at radius 1 is 0.909 bits per heavy atom. The molecule has 0 saturated heterocycles. The summed E-state index contributed by atoms with van der Waals surface area (Å²) in [6, 6.07) is 6.00. The second-order valence-corrected chi connectivity index (χ2v) is 5.74. The van der Waals surface area contributed by atoms with Crippen LogP contribution in [0.2, 0.25) is 0 Å². The van der Waals surface area contributed by atoms with E-state index in [-0.39, 0.29) is 19.3 Å². The fourth-order valence-electron chi connectivity index (χ4n) is 1.90. The van der Waals surface area contributed by atoms with Crippen LogP contribution in [0.1, 0.15) is 69.9 Å². The number of phenolic OH excluding ortho intramolecular Hbond substituents is 1. The lowest BCUT2D eigenvalue weighted by Gasteiger charge is -2.14. The van der Waals surface area contributed by atoms with E-state index in [1.807, 2.05) is 18.2 Å². The maximum Gasteiger partial charge on any atom is 0.303 e. The van der Waals surface area contributed by atoms with E-state index in [4.69, 9.17) is 10.2 Å². The number of carbonyl (C=O) groups is 2. The summed E-state index contributed by atoms with van der Waals surface area (Å²) in [4.78, 5) is 19.6. The van der Waals surface area contributed by atoms with Gasteiger partial charge < -0.3 is 15.3 Å². The number of phenols is 1. The van der Waals surface area contributed by atoms with Gasteiger partial charge in [-0.15, -0.1) is 0 Å². The monoisotopic (exact) mass is 310 g/mol. The normalized spacial score (nSPS) is 10.3. The molecule has 0 unspecified atom stereocenters. The van der Waals surface area contributed by atoms with Crippen molar-refractivity contribution in [2.45, 2.75) is 58.8 Å². The summed E-state index contributed by atoms with van der Waals surface area (Å²) in [6.45, 7) is 8.39. The minimum Gasteiger partial charge on any atom is -0.507 e. The molecule has 5 nitrogen and oxygen atoms in total. The van der Waals surface area contributed by atoms with Gasteiger partial charge in [-0.25, -0.2) is 0 Å². The molecule has 0 bridgehead atoms. The van der Waals surface area contributed by atoms with E-state index in [2.05, 4.69) is 27.7 Å². The highest BCUT2D eigenvalue weighted by atomic mass is 16.4. The highest BCUT2D eigenvalue weighted by molar-refractivity contribution is 5.69. The standard InChI is InChI=1S/C12H18O.C5H8O4/c1-8(2)10-6-5-7-11(9(3)4)12(10)13;6-4(7)2-1-3-5(8)9/h5-9,13H,1-4H3;1-3H2,(H,6,7)(H,8,9). The van der Waals surface area contributed by atoms with Gasteiger partial charge in [0.05, 0.1) is 0 Å². The second-order valence-electron chi connectivity index (χ2n) is 5.74. The van der Waals surface area contributed by atoms with Crippen molar-refractivity contribution < 1.29 is 24.9 Å². The van der Waals surface area contributed by atoms with E-state index in [0.29, 0.717) is 17.6 Å². The van der Waals surface area contributed by atoms with Crippen molar-refractivity contribution in [3.8, 4) is 5.75 Å². The molecule has 3 N–H and O–H groups in total. The summed E-state index contributed by atoms with van der Waals surface area (Å²) in [5, 5.41) is 26.0. The van der Waals surface area contributed by atoms with Crippen LogP contribution in [0.25, 0.3) is 0 Å². The van der Waals surface area contributed by atoms with E-state index >= 15 is 0 Å². The van der Waals surface area contributed by atoms with Gasteiger partial charge in [-0.2, -0.15) is 0 Å². The van der Waals surface area contributed by atoms with Gasteiger partial charge in [0.1, 0.15) is 5.75 Å². The molecule has 1 rings (SSSR count). The molecule has 0 aliphatic heterocycles. The van der Waals surface area contributed by atoms with Gasteiger partial charge in [-0.1, -0.05) is 45.9 Å². The first-order valence-electron chi connectivity index (χ1n) is 7.42. The third-order valence-corrected chi connectivity index (χ3v) is 3.12. The lowest BCUT2D eigenvalue weighted by molar-refractivity contribution is -0.138. The number of benzene rings is 1. The van der Waals surface area contributed by atoms with Gasteiger partial charge in [0.15, 0.2) is 0 Å². The third kappa shape index (κ3) is 7.67. The highest BCUT2D eigenvalue weighted by Gasteiger charge is 2.11. The van der Waals surface area contributed by atoms with Gasteiger partial charge in [0.25, 0.3) is 0 Å². The number of carboxylic acid groups (broad SMARTS) is 2. The molecule has 0 fully saturated rings. The zero-order valence-electron chi connectivity index (χ0n) is 13.7. The summed E-state index contributed by atoms with van der Waals surface area (Å²) in [7, 11) is 0. The molecule has 0 aliphatic carbocycles. The Balaban J connectivity index is 0.000000433. The topological polar surface area (TPSA) is 94.8 Å². The molecule has 0 saturated carbocycles. The summed E-state index contributed by atoms with van der Waals surface area (Å²) in [5.74, 6) is -0.641. The Morgan fingerprint density at radius 3 is 1.55 bits per heavy atom. The van der Waals surface area contributed by atoms with Crippen molar-refractivity contribution in [2.75, 3.05) is 0 Å². The lowest BCUT2D eigenvalue weighted by Crippen LogP contribution is -1.98. The Kier molecular flexibility index (Phi) is 8.91. The first-order chi connectivity index (χ1) is 10.2. The maximum absolute atomic E-state index is 9.93. The van der Waals surface area contributed by atoms with Crippen molar-refractivity contribution in [1.29, 1.82) is 0 Å². The summed E-state index contributed by atoms with van der Waals surface area (Å²) < 4.78 is 0. The molecule has 22 heavy (non-hydrogen) atoms. The molecule has 5 heteroatoms. The van der Waals surface area contributed by atoms with Gasteiger partial charge >= 0.3 is 11.9 Å². The molecular formula is C17H26O5. The van der Waals surface area contributed by atoms with Crippen molar-refractivity contribution >= 4 is 11.9 Å². The Hall–Kier alpha value is -2.04. The molecule has 0 spiro atoms.